The van der Waals surface area contributed by atoms with Crippen LogP contribution in [0.2, 0.25) is 10.0 Å². The van der Waals surface area contributed by atoms with Crippen molar-refractivity contribution in [2.75, 3.05) is 11.1 Å². The van der Waals surface area contributed by atoms with Gasteiger partial charge in [0, 0.05) is 6.20 Å². The summed E-state index contributed by atoms with van der Waals surface area (Å²) in [5.41, 5.74) is 1.73. The van der Waals surface area contributed by atoms with Crippen LogP contribution in [0.5, 0.6) is 0 Å². The summed E-state index contributed by atoms with van der Waals surface area (Å²) in [6.45, 7) is 0. The van der Waals surface area contributed by atoms with Gasteiger partial charge >= 0.3 is 0 Å². The van der Waals surface area contributed by atoms with Crippen molar-refractivity contribution in [1.82, 2.24) is 24.8 Å². The van der Waals surface area contributed by atoms with E-state index < -0.39 is 0 Å². The van der Waals surface area contributed by atoms with E-state index in [1.807, 2.05) is 18.2 Å². The quantitative estimate of drug-likeness (QED) is 0.477. The number of hydrogen-bond donors (Lipinski definition) is 1. The van der Waals surface area contributed by atoms with Crippen LogP contribution in [0.15, 0.2) is 59.8 Å². The summed E-state index contributed by atoms with van der Waals surface area (Å²) >= 11 is 13.3. The van der Waals surface area contributed by atoms with E-state index in [-0.39, 0.29) is 11.7 Å². The second-order valence-electron chi connectivity index (χ2n) is 5.62. The number of pyridine rings is 1. The Morgan fingerprint density at radius 2 is 1.96 bits per heavy atom. The van der Waals surface area contributed by atoms with Crippen LogP contribution in [0.4, 0.5) is 5.69 Å². The molecule has 1 aromatic carbocycles. The fourth-order valence-electron chi connectivity index (χ4n) is 2.43. The molecule has 0 radical (unpaired) electrons. The van der Waals surface area contributed by atoms with E-state index in [1.54, 1.807) is 41.0 Å². The zero-order chi connectivity index (χ0) is 19.5. The van der Waals surface area contributed by atoms with Crippen molar-refractivity contribution in [3.8, 4) is 11.5 Å². The van der Waals surface area contributed by atoms with Crippen molar-refractivity contribution in [2.24, 2.45) is 0 Å². The van der Waals surface area contributed by atoms with Gasteiger partial charge in [0.05, 0.1) is 21.5 Å². The van der Waals surface area contributed by atoms with Crippen molar-refractivity contribution in [2.45, 2.75) is 5.03 Å². The van der Waals surface area contributed by atoms with Crippen LogP contribution in [0.25, 0.3) is 17.2 Å². The van der Waals surface area contributed by atoms with Gasteiger partial charge in [-0.3, -0.25) is 9.78 Å². The minimum atomic E-state index is -0.218. The molecule has 4 aromatic rings. The molecule has 140 valence electrons. The Morgan fingerprint density at radius 1 is 1.07 bits per heavy atom. The topological polar surface area (TPSA) is 85.1 Å². The van der Waals surface area contributed by atoms with Gasteiger partial charge in [0.15, 0.2) is 5.65 Å². The molecule has 0 aliphatic rings. The molecule has 7 nitrogen and oxygen atoms in total. The molecule has 28 heavy (non-hydrogen) atoms. The van der Waals surface area contributed by atoms with Crippen LogP contribution in [0, 0.1) is 0 Å². The number of hydrogen-bond acceptors (Lipinski definition) is 6. The maximum atomic E-state index is 12.2. The number of fused-ring (bicyclic) bond motifs is 1. The Balaban J connectivity index is 1.49. The highest BCUT2D eigenvalue weighted by atomic mass is 35.5. The van der Waals surface area contributed by atoms with E-state index >= 15 is 0 Å². The number of nitrogens with one attached hydrogen (secondary N) is 1. The first-order valence-electron chi connectivity index (χ1n) is 8.12. The molecule has 0 spiro atoms. The van der Waals surface area contributed by atoms with Gasteiger partial charge in [-0.25, -0.2) is 0 Å². The summed E-state index contributed by atoms with van der Waals surface area (Å²) in [6.07, 6.45) is 1.68. The van der Waals surface area contributed by atoms with E-state index in [1.165, 1.54) is 11.8 Å². The SMILES string of the molecule is O=C(CSc1ccc2nnc(-c3ccccn3)n2n1)Nc1cccc(Cl)c1Cl. The third-order valence-electron chi connectivity index (χ3n) is 3.71. The number of anilines is 1. The fraction of sp³-hybridized carbons (Fsp3) is 0.0556. The third-order valence-corrected chi connectivity index (χ3v) is 5.45. The van der Waals surface area contributed by atoms with Crippen molar-refractivity contribution < 1.29 is 4.79 Å². The van der Waals surface area contributed by atoms with Crippen LogP contribution in [0.3, 0.4) is 0 Å². The summed E-state index contributed by atoms with van der Waals surface area (Å²) in [4.78, 5) is 16.5. The number of halogens is 2. The van der Waals surface area contributed by atoms with Crippen molar-refractivity contribution >= 4 is 52.2 Å². The number of rotatable bonds is 5. The number of carbonyl (C=O) groups excluding carboxylic acids is 1. The molecule has 0 saturated carbocycles. The fourth-order valence-corrected chi connectivity index (χ4v) is 3.43. The van der Waals surface area contributed by atoms with Gasteiger partial charge in [-0.1, -0.05) is 47.1 Å². The van der Waals surface area contributed by atoms with Gasteiger partial charge in [0.1, 0.15) is 10.7 Å². The standard InChI is InChI=1S/C18H12Cl2N6OS/c19-11-4-3-6-12(17(11)20)22-15(27)10-28-16-8-7-14-23-24-18(26(14)25-16)13-5-1-2-9-21-13/h1-9H,10H2,(H,22,27). The van der Waals surface area contributed by atoms with E-state index in [9.17, 15) is 4.79 Å². The largest absolute Gasteiger partial charge is 0.324 e. The smallest absolute Gasteiger partial charge is 0.234 e. The predicted octanol–water partition coefficient (Wildman–Crippen LogP) is 4.22. The van der Waals surface area contributed by atoms with Crippen LogP contribution in [0.1, 0.15) is 0 Å². The van der Waals surface area contributed by atoms with Gasteiger partial charge < -0.3 is 5.32 Å². The van der Waals surface area contributed by atoms with Gasteiger partial charge in [-0.05, 0) is 36.4 Å². The molecule has 0 aliphatic heterocycles. The van der Waals surface area contributed by atoms with Gasteiger partial charge in [0.2, 0.25) is 11.7 Å². The second kappa shape index (κ2) is 8.14. The molecule has 3 heterocycles. The molecule has 0 aliphatic carbocycles. The monoisotopic (exact) mass is 430 g/mol. The lowest BCUT2D eigenvalue weighted by Crippen LogP contribution is -2.14. The normalized spacial score (nSPS) is 10.9. The lowest BCUT2D eigenvalue weighted by molar-refractivity contribution is -0.113. The predicted molar refractivity (Wildman–Crippen MR) is 110 cm³/mol. The molecular weight excluding hydrogens is 419 g/mol. The molecule has 3 aromatic heterocycles. The first-order valence-corrected chi connectivity index (χ1v) is 9.86. The number of benzene rings is 1. The Labute approximate surface area is 174 Å². The summed E-state index contributed by atoms with van der Waals surface area (Å²) in [5.74, 6) is 0.473. The Kier molecular flexibility index (Phi) is 5.43. The number of carbonyl (C=O) groups is 1. The molecule has 1 amide bonds. The van der Waals surface area contributed by atoms with Crippen molar-refractivity contribution in [1.29, 1.82) is 0 Å². The highest BCUT2D eigenvalue weighted by Crippen LogP contribution is 2.29. The highest BCUT2D eigenvalue weighted by Gasteiger charge is 2.13. The molecule has 0 fully saturated rings. The zero-order valence-corrected chi connectivity index (χ0v) is 16.5. The minimum Gasteiger partial charge on any atom is -0.324 e. The second-order valence-corrected chi connectivity index (χ2v) is 7.40. The summed E-state index contributed by atoms with van der Waals surface area (Å²) in [5, 5.41) is 16.8. The average molecular weight is 431 g/mol. The summed E-state index contributed by atoms with van der Waals surface area (Å²) in [6, 6.07) is 14.2. The zero-order valence-electron chi connectivity index (χ0n) is 14.2. The van der Waals surface area contributed by atoms with Gasteiger partial charge in [-0.15, -0.1) is 10.2 Å². The highest BCUT2D eigenvalue weighted by molar-refractivity contribution is 7.99. The van der Waals surface area contributed by atoms with Gasteiger partial charge in [0.25, 0.3) is 0 Å². The number of aromatic nitrogens is 5. The molecular formula is C18H12Cl2N6OS. The van der Waals surface area contributed by atoms with Crippen LogP contribution < -0.4 is 5.32 Å². The lowest BCUT2D eigenvalue weighted by atomic mass is 10.3. The molecule has 0 unspecified atom stereocenters. The van der Waals surface area contributed by atoms with Crippen LogP contribution >= 0.6 is 35.0 Å². The van der Waals surface area contributed by atoms with Crippen molar-refractivity contribution in [3.05, 3.63) is 64.8 Å². The minimum absolute atomic E-state index is 0.155. The Hall–Kier alpha value is -2.68. The van der Waals surface area contributed by atoms with Crippen LogP contribution in [-0.4, -0.2) is 36.5 Å². The molecule has 0 atom stereocenters. The molecule has 1 N–H and O–H groups in total. The Morgan fingerprint density at radius 3 is 2.79 bits per heavy atom. The maximum Gasteiger partial charge on any atom is 0.234 e. The third kappa shape index (κ3) is 3.94. The first-order chi connectivity index (χ1) is 13.6. The summed E-state index contributed by atoms with van der Waals surface area (Å²) < 4.78 is 1.61. The Bertz CT molecular complexity index is 1150. The van der Waals surface area contributed by atoms with E-state index in [0.29, 0.717) is 37.9 Å². The number of thioether (sulfide) groups is 1. The van der Waals surface area contributed by atoms with Crippen LogP contribution in [-0.2, 0) is 4.79 Å². The van der Waals surface area contributed by atoms with Crippen molar-refractivity contribution in [3.63, 3.8) is 0 Å². The molecule has 4 rings (SSSR count). The number of nitrogens with zero attached hydrogens (tertiary/aromatic N) is 5. The molecule has 0 saturated heterocycles. The van der Waals surface area contributed by atoms with E-state index in [4.69, 9.17) is 23.2 Å². The average Bonchev–Trinajstić information content (AvgIpc) is 3.14. The van der Waals surface area contributed by atoms with E-state index in [2.05, 4.69) is 25.6 Å². The summed E-state index contributed by atoms with van der Waals surface area (Å²) in [7, 11) is 0. The number of amides is 1. The maximum absolute atomic E-state index is 12.2. The lowest BCUT2D eigenvalue weighted by Gasteiger charge is -2.08. The van der Waals surface area contributed by atoms with E-state index in [0.717, 1.165) is 0 Å². The molecule has 0 bridgehead atoms. The van der Waals surface area contributed by atoms with Gasteiger partial charge in [-0.2, -0.15) is 9.61 Å². The molecule has 10 heteroatoms. The first kappa shape index (κ1) is 18.7.